The molecule has 0 aliphatic rings. The summed E-state index contributed by atoms with van der Waals surface area (Å²) in [7, 11) is 0. The molecule has 0 radical (unpaired) electrons. The highest BCUT2D eigenvalue weighted by Gasteiger charge is 2.31. The van der Waals surface area contributed by atoms with Gasteiger partial charge in [0.25, 0.3) is 5.91 Å². The number of para-hydroxylation sites is 1. The van der Waals surface area contributed by atoms with Gasteiger partial charge in [0.15, 0.2) is 4.34 Å². The molecule has 0 bridgehead atoms. The van der Waals surface area contributed by atoms with E-state index in [1.807, 2.05) is 24.3 Å². The Morgan fingerprint density at radius 2 is 2.03 bits per heavy atom. The number of benzene rings is 2. The van der Waals surface area contributed by atoms with E-state index < -0.39 is 11.7 Å². The number of rotatable bonds is 6. The van der Waals surface area contributed by atoms with Crippen molar-refractivity contribution < 1.29 is 22.4 Å². The quantitative estimate of drug-likeness (QED) is 0.189. The molecular formula is C21H13ClF3N3O2S2. The van der Waals surface area contributed by atoms with E-state index in [1.165, 1.54) is 47.5 Å². The molecule has 5 nitrogen and oxygen atoms in total. The molecule has 32 heavy (non-hydrogen) atoms. The van der Waals surface area contributed by atoms with Gasteiger partial charge >= 0.3 is 6.18 Å². The van der Waals surface area contributed by atoms with E-state index in [0.717, 1.165) is 26.7 Å². The number of fused-ring (bicyclic) bond motifs is 1. The van der Waals surface area contributed by atoms with E-state index in [1.54, 1.807) is 0 Å². The van der Waals surface area contributed by atoms with Crippen LogP contribution in [0.1, 0.15) is 11.3 Å². The molecule has 11 heteroatoms. The van der Waals surface area contributed by atoms with Crippen molar-refractivity contribution in [3.63, 3.8) is 0 Å². The molecule has 1 amide bonds. The van der Waals surface area contributed by atoms with Gasteiger partial charge < -0.3 is 4.42 Å². The first kappa shape index (κ1) is 22.4. The van der Waals surface area contributed by atoms with Crippen LogP contribution in [0.25, 0.3) is 21.5 Å². The third-order valence-electron chi connectivity index (χ3n) is 4.17. The van der Waals surface area contributed by atoms with Crippen molar-refractivity contribution in [1.29, 1.82) is 0 Å². The van der Waals surface area contributed by atoms with Crippen LogP contribution in [0.2, 0.25) is 5.02 Å². The second-order valence-corrected chi connectivity index (χ2v) is 9.08. The maximum Gasteiger partial charge on any atom is 0.416 e. The highest BCUT2D eigenvalue weighted by atomic mass is 35.5. The molecule has 2 aromatic carbocycles. The normalized spacial score (nSPS) is 12.0. The highest BCUT2D eigenvalue weighted by molar-refractivity contribution is 8.01. The Bertz CT molecular complexity index is 1270. The van der Waals surface area contributed by atoms with Crippen LogP contribution in [0.4, 0.5) is 13.2 Å². The van der Waals surface area contributed by atoms with Crippen LogP contribution in [-0.2, 0) is 11.0 Å². The van der Waals surface area contributed by atoms with Crippen LogP contribution < -0.4 is 5.43 Å². The minimum absolute atomic E-state index is 0.109. The lowest BCUT2D eigenvalue weighted by atomic mass is 10.1. The number of carbonyl (C=O) groups is 1. The van der Waals surface area contributed by atoms with E-state index in [4.69, 9.17) is 16.0 Å². The first-order valence-electron chi connectivity index (χ1n) is 9.07. The van der Waals surface area contributed by atoms with Crippen LogP contribution in [0, 0.1) is 0 Å². The molecule has 0 aliphatic heterocycles. The van der Waals surface area contributed by atoms with Crippen molar-refractivity contribution in [1.82, 2.24) is 10.4 Å². The van der Waals surface area contributed by atoms with Crippen molar-refractivity contribution in [2.45, 2.75) is 10.5 Å². The molecule has 0 spiro atoms. The Morgan fingerprint density at radius 1 is 1.22 bits per heavy atom. The van der Waals surface area contributed by atoms with Gasteiger partial charge in [-0.2, -0.15) is 18.3 Å². The number of carbonyl (C=O) groups excluding carboxylic acids is 1. The lowest BCUT2D eigenvalue weighted by Gasteiger charge is -2.09. The fourth-order valence-electron chi connectivity index (χ4n) is 2.70. The molecule has 2 aromatic heterocycles. The molecule has 4 aromatic rings. The zero-order valence-electron chi connectivity index (χ0n) is 16.0. The van der Waals surface area contributed by atoms with Gasteiger partial charge in [-0.1, -0.05) is 35.5 Å². The first-order valence-corrected chi connectivity index (χ1v) is 11.2. The maximum atomic E-state index is 12.9. The predicted molar refractivity (Wildman–Crippen MR) is 120 cm³/mol. The largest absolute Gasteiger partial charge is 0.455 e. The van der Waals surface area contributed by atoms with E-state index >= 15 is 0 Å². The summed E-state index contributed by atoms with van der Waals surface area (Å²) >= 11 is 8.82. The second-order valence-electron chi connectivity index (χ2n) is 6.42. The van der Waals surface area contributed by atoms with Gasteiger partial charge in [-0.05, 0) is 42.5 Å². The number of hydrogen-bond donors (Lipinski definition) is 1. The molecule has 0 atom stereocenters. The van der Waals surface area contributed by atoms with E-state index in [-0.39, 0.29) is 33.8 Å². The summed E-state index contributed by atoms with van der Waals surface area (Å²) in [5.74, 6) is 0.187. The summed E-state index contributed by atoms with van der Waals surface area (Å²) in [5.41, 5.74) is 2.54. The Kier molecular flexibility index (Phi) is 6.54. The van der Waals surface area contributed by atoms with Crippen molar-refractivity contribution in [2.75, 3.05) is 5.75 Å². The van der Waals surface area contributed by atoms with E-state index in [2.05, 4.69) is 15.5 Å². The molecule has 4 rings (SSSR count). The Hall–Kier alpha value is -2.82. The number of halogens is 4. The summed E-state index contributed by atoms with van der Waals surface area (Å²) in [6.07, 6.45) is -3.24. The van der Waals surface area contributed by atoms with E-state index in [0.29, 0.717) is 0 Å². The summed E-state index contributed by atoms with van der Waals surface area (Å²) in [4.78, 5) is 16.4. The zero-order valence-corrected chi connectivity index (χ0v) is 18.4. The van der Waals surface area contributed by atoms with Crippen LogP contribution in [0.3, 0.4) is 0 Å². The fourth-order valence-corrected chi connectivity index (χ4v) is 4.77. The molecular weight excluding hydrogens is 483 g/mol. The molecule has 164 valence electrons. The molecule has 0 aliphatic carbocycles. The van der Waals surface area contributed by atoms with Crippen LogP contribution >= 0.6 is 34.7 Å². The summed E-state index contributed by atoms with van der Waals surface area (Å²) < 4.78 is 46.2. The lowest BCUT2D eigenvalue weighted by molar-refractivity contribution is -0.137. The number of hydrazone groups is 1. The Labute approximate surface area is 193 Å². The summed E-state index contributed by atoms with van der Waals surface area (Å²) in [5, 5.41) is 3.94. The molecule has 1 N–H and O–H groups in total. The molecule has 0 saturated heterocycles. The third-order valence-corrected chi connectivity index (χ3v) is 6.68. The summed E-state index contributed by atoms with van der Waals surface area (Å²) in [6.45, 7) is 0. The highest BCUT2D eigenvalue weighted by Crippen LogP contribution is 2.36. The number of alkyl halides is 3. The first-order chi connectivity index (χ1) is 15.3. The smallest absolute Gasteiger partial charge is 0.416 e. The summed E-state index contributed by atoms with van der Waals surface area (Å²) in [6, 6.07) is 13.7. The van der Waals surface area contributed by atoms with Gasteiger partial charge in [-0.15, -0.1) is 11.3 Å². The van der Waals surface area contributed by atoms with Gasteiger partial charge in [0.05, 0.1) is 32.8 Å². The molecule has 0 unspecified atom stereocenters. The van der Waals surface area contributed by atoms with Crippen LogP contribution in [0.5, 0.6) is 0 Å². The number of nitrogens with zero attached hydrogens (tertiary/aromatic N) is 2. The second kappa shape index (κ2) is 9.35. The van der Waals surface area contributed by atoms with Crippen molar-refractivity contribution in [2.24, 2.45) is 5.10 Å². The number of thiazole rings is 1. The lowest BCUT2D eigenvalue weighted by Crippen LogP contribution is -2.19. The molecule has 2 heterocycles. The van der Waals surface area contributed by atoms with Crippen LogP contribution in [-0.4, -0.2) is 22.9 Å². The Morgan fingerprint density at radius 3 is 2.81 bits per heavy atom. The fraction of sp³-hybridized carbons (Fsp3) is 0.0952. The minimum atomic E-state index is -4.50. The zero-order chi connectivity index (χ0) is 22.7. The van der Waals surface area contributed by atoms with Gasteiger partial charge in [-0.25, -0.2) is 10.4 Å². The van der Waals surface area contributed by atoms with Gasteiger partial charge in [0.2, 0.25) is 0 Å². The van der Waals surface area contributed by atoms with Gasteiger partial charge in [0, 0.05) is 5.56 Å². The number of nitrogens with one attached hydrogen (secondary N) is 1. The average molecular weight is 496 g/mol. The minimum Gasteiger partial charge on any atom is -0.455 e. The Balaban J connectivity index is 1.35. The third kappa shape index (κ3) is 5.32. The molecule has 0 fully saturated rings. The number of amides is 1. The topological polar surface area (TPSA) is 67.5 Å². The number of furan rings is 1. The maximum absolute atomic E-state index is 12.9. The number of hydrogen-bond acceptors (Lipinski definition) is 6. The molecule has 0 saturated carbocycles. The predicted octanol–water partition coefficient (Wildman–Crippen LogP) is 6.47. The standard InChI is InChI=1S/C21H13ClF3N3O2S2/c22-15-7-5-12(21(23,24)25)9-14(15)17-8-6-13(30-17)10-26-28-19(29)11-31-20-27-16-3-1-2-4-18(16)32-20/h1-10H,11H2,(H,28,29). The van der Waals surface area contributed by atoms with Gasteiger partial charge in [0.1, 0.15) is 11.5 Å². The van der Waals surface area contributed by atoms with E-state index in [9.17, 15) is 18.0 Å². The van der Waals surface area contributed by atoms with Crippen molar-refractivity contribution in [3.05, 3.63) is 70.9 Å². The number of aromatic nitrogens is 1. The van der Waals surface area contributed by atoms with Gasteiger partial charge in [-0.3, -0.25) is 4.79 Å². The van der Waals surface area contributed by atoms with Crippen LogP contribution in [0.15, 0.2) is 68.5 Å². The monoisotopic (exact) mass is 495 g/mol. The van der Waals surface area contributed by atoms with Crippen molar-refractivity contribution in [3.8, 4) is 11.3 Å². The average Bonchev–Trinajstić information content (AvgIpc) is 3.38. The SMILES string of the molecule is O=C(CSc1nc2ccccc2s1)NN=Cc1ccc(-c2cc(C(F)(F)F)ccc2Cl)o1. The number of thioether (sulfide) groups is 1. The van der Waals surface area contributed by atoms with Crippen molar-refractivity contribution >= 4 is 57.0 Å².